The van der Waals surface area contributed by atoms with Crippen LogP contribution in [0.4, 0.5) is 10.6 Å². The summed E-state index contributed by atoms with van der Waals surface area (Å²) in [6.45, 7) is 21.9. The fourth-order valence-electron chi connectivity index (χ4n) is 5.68. The molecule has 1 amide bonds. The summed E-state index contributed by atoms with van der Waals surface area (Å²) in [7, 11) is 0. The summed E-state index contributed by atoms with van der Waals surface area (Å²) in [5.74, 6) is 1.64. The number of nitrogens with zero attached hydrogens (tertiary/aromatic N) is 5. The Morgan fingerprint density at radius 1 is 1.15 bits per heavy atom. The van der Waals surface area contributed by atoms with E-state index in [4.69, 9.17) is 14.7 Å². The van der Waals surface area contributed by atoms with Crippen molar-refractivity contribution in [3.05, 3.63) is 41.4 Å². The van der Waals surface area contributed by atoms with Gasteiger partial charge in [0.05, 0.1) is 0 Å². The van der Waals surface area contributed by atoms with Gasteiger partial charge in [-0.25, -0.2) is 14.8 Å². The van der Waals surface area contributed by atoms with Crippen LogP contribution in [0.2, 0.25) is 0 Å². The topological polar surface area (TPSA) is 75.5 Å². The summed E-state index contributed by atoms with van der Waals surface area (Å²) in [6.07, 6.45) is 13.5. The van der Waals surface area contributed by atoms with E-state index in [0.29, 0.717) is 13.1 Å². The maximum Gasteiger partial charge on any atom is 0.410 e. The summed E-state index contributed by atoms with van der Waals surface area (Å²) in [4.78, 5) is 26.9. The van der Waals surface area contributed by atoms with Gasteiger partial charge in [-0.3, -0.25) is 0 Å². The average Bonchev–Trinajstić information content (AvgIpc) is 3.56. The number of rotatable bonds is 9. The van der Waals surface area contributed by atoms with Crippen LogP contribution in [-0.4, -0.2) is 75.3 Å². The normalized spacial score (nSPS) is 17.1. The number of allylic oxidation sites excluding steroid dienone is 1. The number of hydrogen-bond donors (Lipinski definition) is 1. The third-order valence-corrected chi connectivity index (χ3v) is 7.92. The first kappa shape index (κ1) is 29.8. The SMILES string of the molecule is C=Cc1c(/C=C\C)c(-c2nc(C)c(C)c(NCCCN3CCCC3)n2)cn1C1CCN(C(=O)OC(C)(C)C)CC1. The Morgan fingerprint density at radius 2 is 1.85 bits per heavy atom. The van der Waals surface area contributed by atoms with Gasteiger partial charge in [0.2, 0.25) is 0 Å². The van der Waals surface area contributed by atoms with E-state index in [-0.39, 0.29) is 12.1 Å². The second-order valence-corrected chi connectivity index (χ2v) is 12.1. The maximum atomic E-state index is 12.6. The molecule has 2 saturated heterocycles. The highest BCUT2D eigenvalue weighted by molar-refractivity contribution is 5.78. The molecule has 0 spiro atoms. The second kappa shape index (κ2) is 13.0. The molecule has 2 aromatic heterocycles. The molecule has 2 aliphatic rings. The van der Waals surface area contributed by atoms with Crippen molar-refractivity contribution in [2.45, 2.75) is 85.3 Å². The lowest BCUT2D eigenvalue weighted by atomic mass is 10.0. The van der Waals surface area contributed by atoms with Crippen molar-refractivity contribution in [1.29, 1.82) is 0 Å². The van der Waals surface area contributed by atoms with E-state index in [1.807, 2.05) is 38.7 Å². The molecular weight excluding hydrogens is 500 g/mol. The largest absolute Gasteiger partial charge is 0.444 e. The molecule has 2 aromatic rings. The van der Waals surface area contributed by atoms with E-state index in [9.17, 15) is 4.79 Å². The van der Waals surface area contributed by atoms with Gasteiger partial charge >= 0.3 is 6.09 Å². The van der Waals surface area contributed by atoms with Crippen LogP contribution < -0.4 is 5.32 Å². The standard InChI is InChI=1S/C32H48N6O2/c1-8-13-26-27(30-34-24(4)23(3)29(35-30)33-16-12-19-36-17-10-11-18-36)22-38(28(26)9-2)25-14-20-37(21-15-25)31(39)40-32(5,6)7/h8-9,13,22,25H,2,10-12,14-21H2,1,3-7H3,(H,33,34,35)/b13-8-. The predicted molar refractivity (Wildman–Crippen MR) is 165 cm³/mol. The quantitative estimate of drug-likeness (QED) is 0.351. The molecule has 218 valence electrons. The molecule has 0 aromatic carbocycles. The molecule has 0 bridgehead atoms. The molecule has 4 heterocycles. The Labute approximate surface area is 240 Å². The number of anilines is 1. The molecule has 2 aliphatic heterocycles. The lowest BCUT2D eigenvalue weighted by Gasteiger charge is -2.34. The highest BCUT2D eigenvalue weighted by Crippen LogP contribution is 2.35. The number of amides is 1. The average molecular weight is 549 g/mol. The molecule has 2 fully saturated rings. The van der Waals surface area contributed by atoms with Gasteiger partial charge in [0.15, 0.2) is 5.82 Å². The van der Waals surface area contributed by atoms with Gasteiger partial charge in [-0.2, -0.15) is 0 Å². The number of carbonyl (C=O) groups excluding carboxylic acids is 1. The molecule has 8 nitrogen and oxygen atoms in total. The van der Waals surface area contributed by atoms with Gasteiger partial charge in [-0.05, 0) is 99.4 Å². The Bertz CT molecular complexity index is 1210. The van der Waals surface area contributed by atoms with Gasteiger partial charge in [-0.1, -0.05) is 18.7 Å². The zero-order chi connectivity index (χ0) is 28.9. The first-order valence-corrected chi connectivity index (χ1v) is 14.9. The van der Waals surface area contributed by atoms with Gasteiger partial charge in [-0.15, -0.1) is 0 Å². The zero-order valence-corrected chi connectivity index (χ0v) is 25.4. The molecule has 0 saturated carbocycles. The Balaban J connectivity index is 1.55. The van der Waals surface area contributed by atoms with Crippen LogP contribution in [0.5, 0.6) is 0 Å². The van der Waals surface area contributed by atoms with Gasteiger partial charge < -0.3 is 24.4 Å². The number of likely N-dealkylation sites (tertiary alicyclic amines) is 2. The van der Waals surface area contributed by atoms with Crippen molar-refractivity contribution in [3.63, 3.8) is 0 Å². The van der Waals surface area contributed by atoms with Crippen molar-refractivity contribution < 1.29 is 9.53 Å². The second-order valence-electron chi connectivity index (χ2n) is 12.1. The van der Waals surface area contributed by atoms with Crippen molar-refractivity contribution >= 4 is 24.1 Å². The number of carbonyl (C=O) groups is 1. The molecule has 0 radical (unpaired) electrons. The lowest BCUT2D eigenvalue weighted by Crippen LogP contribution is -2.42. The highest BCUT2D eigenvalue weighted by Gasteiger charge is 2.29. The Morgan fingerprint density at radius 3 is 2.48 bits per heavy atom. The first-order valence-electron chi connectivity index (χ1n) is 14.9. The molecule has 4 rings (SSSR count). The first-order chi connectivity index (χ1) is 19.1. The van der Waals surface area contributed by atoms with Crippen LogP contribution >= 0.6 is 0 Å². The van der Waals surface area contributed by atoms with Crippen molar-refractivity contribution in [2.24, 2.45) is 0 Å². The predicted octanol–water partition coefficient (Wildman–Crippen LogP) is 6.71. The molecule has 0 atom stereocenters. The monoisotopic (exact) mass is 548 g/mol. The van der Waals surface area contributed by atoms with Crippen LogP contribution in [0.25, 0.3) is 23.5 Å². The Kier molecular flexibility index (Phi) is 9.72. The van der Waals surface area contributed by atoms with Crippen LogP contribution in [0.3, 0.4) is 0 Å². The number of aryl methyl sites for hydroxylation is 1. The van der Waals surface area contributed by atoms with Crippen molar-refractivity contribution in [2.75, 3.05) is 44.6 Å². The fourth-order valence-corrected chi connectivity index (χ4v) is 5.68. The summed E-state index contributed by atoms with van der Waals surface area (Å²) < 4.78 is 7.91. The number of aromatic nitrogens is 3. The van der Waals surface area contributed by atoms with Gasteiger partial charge in [0.25, 0.3) is 0 Å². The number of ether oxygens (including phenoxy) is 1. The minimum atomic E-state index is -0.492. The van der Waals surface area contributed by atoms with Crippen LogP contribution in [0.15, 0.2) is 18.9 Å². The minimum Gasteiger partial charge on any atom is -0.444 e. The van der Waals surface area contributed by atoms with Crippen molar-refractivity contribution in [1.82, 2.24) is 24.3 Å². The smallest absolute Gasteiger partial charge is 0.410 e. The van der Waals surface area contributed by atoms with E-state index in [2.05, 4.69) is 53.6 Å². The van der Waals surface area contributed by atoms with Crippen LogP contribution in [0, 0.1) is 13.8 Å². The van der Waals surface area contributed by atoms with Gasteiger partial charge in [0, 0.05) is 60.0 Å². The molecule has 8 heteroatoms. The van der Waals surface area contributed by atoms with E-state index in [1.165, 1.54) is 25.9 Å². The Hall–Kier alpha value is -3.13. The lowest BCUT2D eigenvalue weighted by molar-refractivity contribution is 0.0188. The van der Waals surface area contributed by atoms with Crippen LogP contribution in [0.1, 0.15) is 88.4 Å². The van der Waals surface area contributed by atoms with Gasteiger partial charge in [0.1, 0.15) is 11.4 Å². The summed E-state index contributed by atoms with van der Waals surface area (Å²) >= 11 is 0. The van der Waals surface area contributed by atoms with Crippen molar-refractivity contribution in [3.8, 4) is 11.4 Å². The number of piperidine rings is 1. The molecule has 0 unspecified atom stereocenters. The third kappa shape index (κ3) is 7.14. The summed E-state index contributed by atoms with van der Waals surface area (Å²) in [5, 5.41) is 3.60. The minimum absolute atomic E-state index is 0.235. The van der Waals surface area contributed by atoms with Crippen LogP contribution in [-0.2, 0) is 4.74 Å². The zero-order valence-electron chi connectivity index (χ0n) is 25.4. The number of hydrogen-bond acceptors (Lipinski definition) is 6. The van der Waals surface area contributed by atoms with E-state index in [1.54, 1.807) is 0 Å². The fraction of sp³-hybridized carbons (Fsp3) is 0.594. The molecule has 40 heavy (non-hydrogen) atoms. The van der Waals surface area contributed by atoms with E-state index in [0.717, 1.165) is 72.1 Å². The number of nitrogens with one attached hydrogen (secondary N) is 1. The summed E-state index contributed by atoms with van der Waals surface area (Å²) in [6, 6.07) is 0.249. The molecular formula is C32H48N6O2. The summed E-state index contributed by atoms with van der Waals surface area (Å²) in [5.41, 5.74) is 4.73. The molecule has 0 aliphatic carbocycles. The molecule has 1 N–H and O–H groups in total. The van der Waals surface area contributed by atoms with E-state index < -0.39 is 5.60 Å². The maximum absolute atomic E-state index is 12.6. The van der Waals surface area contributed by atoms with E-state index >= 15 is 0 Å². The highest BCUT2D eigenvalue weighted by atomic mass is 16.6. The third-order valence-electron chi connectivity index (χ3n) is 7.92.